The molecule has 0 aliphatic rings. The van der Waals surface area contributed by atoms with Gasteiger partial charge in [-0.25, -0.2) is 4.57 Å². The highest BCUT2D eigenvalue weighted by atomic mass is 31.2. The van der Waals surface area contributed by atoms with Gasteiger partial charge in [-0.1, -0.05) is 168 Å². The number of esters is 2. The molecule has 280 valence electrons. The first-order valence-corrected chi connectivity index (χ1v) is 21.0. The average molecular weight is 692 g/mol. The monoisotopic (exact) mass is 692 g/mol. The van der Waals surface area contributed by atoms with Gasteiger partial charge in [0, 0.05) is 19.4 Å². The van der Waals surface area contributed by atoms with E-state index in [9.17, 15) is 19.0 Å². The van der Waals surface area contributed by atoms with Crippen LogP contribution in [0, 0.1) is 0 Å². The molecule has 3 N–H and O–H groups in total. The molecule has 0 saturated heterocycles. The lowest BCUT2D eigenvalue weighted by atomic mass is 10.0. The zero-order valence-electron chi connectivity index (χ0n) is 30.5. The smallest absolute Gasteiger partial charge is 0.462 e. The summed E-state index contributed by atoms with van der Waals surface area (Å²) in [6.45, 7) is 3.74. The quantitative estimate of drug-likeness (QED) is 0.0371. The highest BCUT2D eigenvalue weighted by Gasteiger charge is 2.26. The van der Waals surface area contributed by atoms with Gasteiger partial charge < -0.3 is 20.1 Å². The van der Waals surface area contributed by atoms with Crippen LogP contribution >= 0.6 is 7.82 Å². The molecule has 0 saturated carbocycles. The molecule has 47 heavy (non-hydrogen) atoms. The molecule has 0 fully saturated rings. The third-order valence-corrected chi connectivity index (χ3v) is 9.48. The molecule has 0 radical (unpaired) electrons. The first kappa shape index (κ1) is 46.0. The summed E-state index contributed by atoms with van der Waals surface area (Å²) < 4.78 is 32.6. The largest absolute Gasteiger partial charge is 0.472 e. The van der Waals surface area contributed by atoms with E-state index in [0.717, 1.165) is 32.1 Å². The minimum Gasteiger partial charge on any atom is -0.462 e. The van der Waals surface area contributed by atoms with E-state index in [2.05, 4.69) is 13.8 Å². The summed E-state index contributed by atoms with van der Waals surface area (Å²) in [5.74, 6) is -0.818. The van der Waals surface area contributed by atoms with E-state index in [0.29, 0.717) is 6.42 Å². The summed E-state index contributed by atoms with van der Waals surface area (Å²) in [6, 6.07) is 0. The molecule has 0 spiro atoms. The summed E-state index contributed by atoms with van der Waals surface area (Å²) in [7, 11) is -4.36. The van der Waals surface area contributed by atoms with E-state index in [1.54, 1.807) is 0 Å². The van der Waals surface area contributed by atoms with Gasteiger partial charge in [0.1, 0.15) is 6.61 Å². The predicted octanol–water partition coefficient (Wildman–Crippen LogP) is 10.5. The molecule has 0 aromatic heterocycles. The summed E-state index contributed by atoms with van der Waals surface area (Å²) in [5.41, 5.74) is 5.33. The minimum absolute atomic E-state index is 0.0577. The van der Waals surface area contributed by atoms with Gasteiger partial charge in [-0.2, -0.15) is 0 Å². The van der Waals surface area contributed by atoms with Gasteiger partial charge in [-0.05, 0) is 12.8 Å². The number of unbranched alkanes of at least 4 members (excludes halogenated alkanes) is 24. The van der Waals surface area contributed by atoms with Crippen molar-refractivity contribution in [2.75, 3.05) is 26.4 Å². The van der Waals surface area contributed by atoms with Gasteiger partial charge in [0.15, 0.2) is 6.10 Å². The first-order valence-electron chi connectivity index (χ1n) is 19.5. The number of phosphoric acid groups is 1. The van der Waals surface area contributed by atoms with Crippen LogP contribution in [-0.4, -0.2) is 49.3 Å². The average Bonchev–Trinajstić information content (AvgIpc) is 3.05. The molecule has 0 aliphatic carbocycles. The second kappa shape index (κ2) is 34.9. The molecule has 0 aromatic rings. The van der Waals surface area contributed by atoms with Crippen molar-refractivity contribution in [2.45, 2.75) is 200 Å². The van der Waals surface area contributed by atoms with Crippen molar-refractivity contribution in [3.8, 4) is 0 Å². The topological polar surface area (TPSA) is 134 Å². The van der Waals surface area contributed by atoms with E-state index in [4.69, 9.17) is 24.3 Å². The van der Waals surface area contributed by atoms with Crippen LogP contribution in [0.3, 0.4) is 0 Å². The maximum absolute atomic E-state index is 12.5. The van der Waals surface area contributed by atoms with Crippen LogP contribution in [-0.2, 0) is 32.7 Å². The molecule has 0 heterocycles. The molecular formula is C37H74NO8P. The third-order valence-electron chi connectivity index (χ3n) is 8.49. The number of ether oxygens (including phenoxy) is 2. The van der Waals surface area contributed by atoms with Crippen LogP contribution in [0.1, 0.15) is 194 Å². The van der Waals surface area contributed by atoms with Crippen LogP contribution in [0.5, 0.6) is 0 Å². The fraction of sp³-hybridized carbons (Fsp3) is 0.946. The van der Waals surface area contributed by atoms with Gasteiger partial charge >= 0.3 is 19.8 Å². The van der Waals surface area contributed by atoms with Gasteiger partial charge in [0.2, 0.25) is 0 Å². The Labute approximate surface area is 288 Å². The van der Waals surface area contributed by atoms with Crippen LogP contribution in [0.2, 0.25) is 0 Å². The molecule has 2 atom stereocenters. The lowest BCUT2D eigenvalue weighted by Crippen LogP contribution is -2.29. The first-order chi connectivity index (χ1) is 22.8. The molecule has 0 aliphatic heterocycles. The second-order valence-electron chi connectivity index (χ2n) is 13.2. The third kappa shape index (κ3) is 34.7. The maximum Gasteiger partial charge on any atom is 0.472 e. The van der Waals surface area contributed by atoms with Gasteiger partial charge in [-0.3, -0.25) is 18.6 Å². The van der Waals surface area contributed by atoms with Crippen molar-refractivity contribution in [1.82, 2.24) is 0 Å². The summed E-state index contributed by atoms with van der Waals surface area (Å²) in [4.78, 5) is 34.7. The van der Waals surface area contributed by atoms with E-state index in [-0.39, 0.29) is 38.6 Å². The SMILES string of the molecule is CCCCCCCCCCCCCCCCCC(=O)OC[C@H](COP(=O)(O)OCCN)OC(=O)CCCCCCCCCCCCC. The fourth-order valence-corrected chi connectivity index (χ4v) is 6.34. The molecule has 1 unspecified atom stereocenters. The van der Waals surface area contributed by atoms with E-state index in [1.807, 2.05) is 0 Å². The number of phosphoric ester groups is 1. The Hall–Kier alpha value is -0.990. The number of carbonyl (C=O) groups is 2. The van der Waals surface area contributed by atoms with Crippen molar-refractivity contribution >= 4 is 19.8 Å². The van der Waals surface area contributed by atoms with E-state index < -0.39 is 26.5 Å². The standard InChI is InChI=1S/C37H74NO8P/c1-3-5-7-9-11-13-15-16-17-18-20-21-23-25-27-29-36(39)43-33-35(34-45-47(41,42)44-32-31-38)46-37(40)30-28-26-24-22-19-14-12-10-8-6-4-2/h35H,3-34,38H2,1-2H3,(H,41,42)/t35-/m1/s1. The lowest BCUT2D eigenvalue weighted by molar-refractivity contribution is -0.161. The molecule has 0 rings (SSSR count). The minimum atomic E-state index is -4.36. The van der Waals surface area contributed by atoms with Crippen molar-refractivity contribution in [2.24, 2.45) is 5.73 Å². The van der Waals surface area contributed by atoms with Gasteiger partial charge in [-0.15, -0.1) is 0 Å². The Morgan fingerprint density at radius 3 is 1.30 bits per heavy atom. The van der Waals surface area contributed by atoms with Crippen LogP contribution < -0.4 is 5.73 Å². The zero-order chi connectivity index (χ0) is 34.7. The summed E-state index contributed by atoms with van der Waals surface area (Å²) in [5, 5.41) is 0. The highest BCUT2D eigenvalue weighted by molar-refractivity contribution is 7.47. The lowest BCUT2D eigenvalue weighted by Gasteiger charge is -2.19. The van der Waals surface area contributed by atoms with Crippen LogP contribution in [0.25, 0.3) is 0 Å². The Bertz CT molecular complexity index is 754. The second-order valence-corrected chi connectivity index (χ2v) is 14.6. The fourth-order valence-electron chi connectivity index (χ4n) is 5.58. The molecule has 0 amide bonds. The zero-order valence-corrected chi connectivity index (χ0v) is 31.4. The van der Waals surface area contributed by atoms with Crippen molar-refractivity contribution in [3.63, 3.8) is 0 Å². The molecule has 9 nitrogen and oxygen atoms in total. The Morgan fingerprint density at radius 2 is 0.915 bits per heavy atom. The predicted molar refractivity (Wildman–Crippen MR) is 192 cm³/mol. The van der Waals surface area contributed by atoms with Crippen LogP contribution in [0.4, 0.5) is 0 Å². The Morgan fingerprint density at radius 1 is 0.553 bits per heavy atom. The molecule has 0 bridgehead atoms. The molecule has 10 heteroatoms. The Kier molecular flexibility index (Phi) is 34.1. The van der Waals surface area contributed by atoms with Gasteiger partial charge in [0.05, 0.1) is 13.2 Å². The number of hydrogen-bond donors (Lipinski definition) is 2. The van der Waals surface area contributed by atoms with E-state index >= 15 is 0 Å². The van der Waals surface area contributed by atoms with Crippen molar-refractivity contribution in [3.05, 3.63) is 0 Å². The summed E-state index contributed by atoms with van der Waals surface area (Å²) in [6.07, 6.45) is 31.3. The number of nitrogens with two attached hydrogens (primary N) is 1. The molecular weight excluding hydrogens is 617 g/mol. The maximum atomic E-state index is 12.5. The number of carbonyl (C=O) groups excluding carboxylic acids is 2. The summed E-state index contributed by atoms with van der Waals surface area (Å²) >= 11 is 0. The Balaban J connectivity index is 4.15. The van der Waals surface area contributed by atoms with Crippen molar-refractivity contribution < 1.29 is 37.6 Å². The molecule has 0 aromatic carbocycles. The van der Waals surface area contributed by atoms with Gasteiger partial charge in [0.25, 0.3) is 0 Å². The normalized spacial score (nSPS) is 13.4. The number of rotatable bonds is 37. The van der Waals surface area contributed by atoms with E-state index in [1.165, 1.54) is 128 Å². The van der Waals surface area contributed by atoms with Crippen LogP contribution in [0.15, 0.2) is 0 Å². The van der Waals surface area contributed by atoms with Crippen molar-refractivity contribution in [1.29, 1.82) is 0 Å². The number of hydrogen-bond acceptors (Lipinski definition) is 8. The highest BCUT2D eigenvalue weighted by Crippen LogP contribution is 2.43.